The van der Waals surface area contributed by atoms with Gasteiger partial charge in [0.1, 0.15) is 0 Å². The van der Waals surface area contributed by atoms with Crippen molar-refractivity contribution in [3.05, 3.63) is 53.1 Å². The summed E-state index contributed by atoms with van der Waals surface area (Å²) < 4.78 is 0. The van der Waals surface area contributed by atoms with E-state index in [1.165, 1.54) is 49.8 Å². The Bertz CT molecular complexity index is 628. The molecule has 2 nitrogen and oxygen atoms in total. The lowest BCUT2D eigenvalue weighted by atomic mass is 9.88. The predicted molar refractivity (Wildman–Crippen MR) is 111 cm³/mol. The van der Waals surface area contributed by atoms with Gasteiger partial charge in [0.15, 0.2) is 0 Å². The summed E-state index contributed by atoms with van der Waals surface area (Å²) in [5, 5.41) is 10.5. The van der Waals surface area contributed by atoms with E-state index in [1.54, 1.807) is 5.57 Å². The molecule has 1 aromatic carbocycles. The first-order valence-electron chi connectivity index (χ1n) is 10.3. The highest BCUT2D eigenvalue weighted by atomic mass is 16.3. The number of hydrogen-bond donors (Lipinski definition) is 1. The largest absolute Gasteiger partial charge is 0.392 e. The van der Waals surface area contributed by atoms with Gasteiger partial charge in [-0.2, -0.15) is 0 Å². The summed E-state index contributed by atoms with van der Waals surface area (Å²) in [6.45, 7) is 3.31. The third-order valence-electron chi connectivity index (χ3n) is 6.14. The van der Waals surface area contributed by atoms with Gasteiger partial charge >= 0.3 is 0 Å². The Morgan fingerprint density at radius 1 is 1.12 bits per heavy atom. The van der Waals surface area contributed by atoms with Crippen molar-refractivity contribution in [2.75, 3.05) is 20.6 Å². The van der Waals surface area contributed by atoms with E-state index in [0.717, 1.165) is 6.42 Å². The molecule has 0 unspecified atom stereocenters. The van der Waals surface area contributed by atoms with Crippen molar-refractivity contribution in [3.8, 4) is 0 Å². The first-order chi connectivity index (χ1) is 12.5. The van der Waals surface area contributed by atoms with Crippen LogP contribution in [0.15, 0.2) is 42.0 Å². The summed E-state index contributed by atoms with van der Waals surface area (Å²) >= 11 is 0. The van der Waals surface area contributed by atoms with Gasteiger partial charge in [0.2, 0.25) is 0 Å². The first kappa shape index (κ1) is 19.4. The van der Waals surface area contributed by atoms with Gasteiger partial charge in [-0.25, -0.2) is 0 Å². The molecule has 0 bridgehead atoms. The van der Waals surface area contributed by atoms with E-state index in [2.05, 4.69) is 68.4 Å². The molecule has 1 N–H and O–H groups in total. The molecular formula is C24H35NO. The maximum atomic E-state index is 10.5. The SMILES string of the molecule is Cc1ccc(/C=C/[C@@H]2[C@H]3CC(CCCCCN(C)C)=C[C@H]3C[C@H]2O)cc1. The van der Waals surface area contributed by atoms with Crippen LogP contribution in [0.4, 0.5) is 0 Å². The van der Waals surface area contributed by atoms with Crippen LogP contribution in [0.2, 0.25) is 0 Å². The van der Waals surface area contributed by atoms with Gasteiger partial charge in [0, 0.05) is 5.92 Å². The number of aryl methyl sites for hydroxylation is 1. The zero-order valence-electron chi connectivity index (χ0n) is 16.7. The van der Waals surface area contributed by atoms with E-state index < -0.39 is 0 Å². The molecule has 2 heteroatoms. The number of nitrogens with zero attached hydrogens (tertiary/aromatic N) is 1. The Balaban J connectivity index is 1.50. The first-order valence-corrected chi connectivity index (χ1v) is 10.3. The highest BCUT2D eigenvalue weighted by Gasteiger charge is 2.43. The lowest BCUT2D eigenvalue weighted by Gasteiger charge is -2.18. The molecule has 4 atom stereocenters. The van der Waals surface area contributed by atoms with Crippen molar-refractivity contribution < 1.29 is 5.11 Å². The van der Waals surface area contributed by atoms with Crippen molar-refractivity contribution in [2.24, 2.45) is 17.8 Å². The zero-order chi connectivity index (χ0) is 18.5. The van der Waals surface area contributed by atoms with Gasteiger partial charge in [-0.3, -0.25) is 0 Å². The number of fused-ring (bicyclic) bond motifs is 1. The molecule has 1 aromatic rings. The van der Waals surface area contributed by atoms with E-state index in [1.807, 2.05) is 0 Å². The van der Waals surface area contributed by atoms with E-state index in [9.17, 15) is 5.11 Å². The molecular weight excluding hydrogens is 318 g/mol. The summed E-state index contributed by atoms with van der Waals surface area (Å²) in [5.74, 6) is 1.52. The highest BCUT2D eigenvalue weighted by molar-refractivity contribution is 5.50. The lowest BCUT2D eigenvalue weighted by Crippen LogP contribution is -2.16. The smallest absolute Gasteiger partial charge is 0.0611 e. The van der Waals surface area contributed by atoms with E-state index in [4.69, 9.17) is 0 Å². The van der Waals surface area contributed by atoms with Gasteiger partial charge in [-0.15, -0.1) is 0 Å². The van der Waals surface area contributed by atoms with E-state index >= 15 is 0 Å². The van der Waals surface area contributed by atoms with Crippen molar-refractivity contribution in [3.63, 3.8) is 0 Å². The Morgan fingerprint density at radius 2 is 1.88 bits per heavy atom. The third-order valence-corrected chi connectivity index (χ3v) is 6.14. The fourth-order valence-corrected chi connectivity index (χ4v) is 4.65. The van der Waals surface area contributed by atoms with Crippen LogP contribution in [-0.2, 0) is 0 Å². The van der Waals surface area contributed by atoms with Gasteiger partial charge in [-0.05, 0) is 77.1 Å². The van der Waals surface area contributed by atoms with Crippen LogP contribution in [-0.4, -0.2) is 36.8 Å². The summed E-state index contributed by atoms with van der Waals surface area (Å²) in [5.41, 5.74) is 4.17. The number of allylic oxidation sites excluding steroid dienone is 2. The number of rotatable bonds is 8. The topological polar surface area (TPSA) is 23.5 Å². The van der Waals surface area contributed by atoms with Gasteiger partial charge in [0.05, 0.1) is 6.10 Å². The maximum absolute atomic E-state index is 10.5. The third kappa shape index (κ3) is 5.08. The molecule has 2 aliphatic carbocycles. The molecule has 0 heterocycles. The Morgan fingerprint density at radius 3 is 2.62 bits per heavy atom. The molecule has 3 rings (SSSR count). The molecule has 1 fully saturated rings. The molecule has 0 aromatic heterocycles. The Hall–Kier alpha value is -1.38. The fourth-order valence-electron chi connectivity index (χ4n) is 4.65. The lowest BCUT2D eigenvalue weighted by molar-refractivity contribution is 0.141. The summed E-state index contributed by atoms with van der Waals surface area (Å²) in [4.78, 5) is 2.27. The molecule has 26 heavy (non-hydrogen) atoms. The number of aliphatic hydroxyl groups excluding tert-OH is 1. The molecule has 1 saturated carbocycles. The maximum Gasteiger partial charge on any atom is 0.0611 e. The van der Waals surface area contributed by atoms with Crippen LogP contribution in [0.25, 0.3) is 6.08 Å². The molecule has 2 aliphatic rings. The predicted octanol–water partition coefficient (Wildman–Crippen LogP) is 5.07. The molecule has 0 aliphatic heterocycles. The average molecular weight is 354 g/mol. The Kier molecular flexibility index (Phi) is 6.72. The van der Waals surface area contributed by atoms with E-state index in [0.29, 0.717) is 17.8 Å². The highest BCUT2D eigenvalue weighted by Crippen LogP contribution is 2.48. The minimum atomic E-state index is -0.176. The standard InChI is InChI=1S/C24H35NO/c1-18-8-10-19(11-9-18)12-13-22-23-16-20(15-21(23)17-24(22)26)7-5-4-6-14-25(2)3/h8-13,15,21-24,26H,4-7,14,16-17H2,1-3H3/b13-12+/t21-,22+,23-,24+/m0/s1. The van der Waals surface area contributed by atoms with Crippen LogP contribution >= 0.6 is 0 Å². The molecule has 0 radical (unpaired) electrons. The summed E-state index contributed by atoms with van der Waals surface area (Å²) in [7, 11) is 4.30. The quantitative estimate of drug-likeness (QED) is 0.521. The second-order valence-electron chi connectivity index (χ2n) is 8.62. The van der Waals surface area contributed by atoms with Crippen LogP contribution in [0.3, 0.4) is 0 Å². The normalized spacial score (nSPS) is 28.1. The van der Waals surface area contributed by atoms with Gasteiger partial charge in [0.25, 0.3) is 0 Å². The second kappa shape index (κ2) is 9.01. The van der Waals surface area contributed by atoms with Gasteiger partial charge in [-0.1, -0.05) is 60.1 Å². The molecule has 142 valence electrons. The summed E-state index contributed by atoms with van der Waals surface area (Å²) in [6, 6.07) is 8.63. The van der Waals surface area contributed by atoms with Crippen LogP contribution in [0, 0.1) is 24.7 Å². The molecule has 0 spiro atoms. The van der Waals surface area contributed by atoms with E-state index in [-0.39, 0.29) is 6.10 Å². The Labute approximate surface area is 159 Å². The monoisotopic (exact) mass is 353 g/mol. The van der Waals surface area contributed by atoms with Crippen LogP contribution in [0.5, 0.6) is 0 Å². The van der Waals surface area contributed by atoms with Crippen LogP contribution in [0.1, 0.15) is 49.7 Å². The van der Waals surface area contributed by atoms with Gasteiger partial charge < -0.3 is 10.0 Å². The van der Waals surface area contributed by atoms with Crippen molar-refractivity contribution in [2.45, 2.75) is 51.6 Å². The van der Waals surface area contributed by atoms with Crippen molar-refractivity contribution in [1.82, 2.24) is 4.90 Å². The average Bonchev–Trinajstić information content (AvgIpc) is 3.10. The number of hydrogen-bond acceptors (Lipinski definition) is 2. The molecule has 0 amide bonds. The zero-order valence-corrected chi connectivity index (χ0v) is 16.7. The van der Waals surface area contributed by atoms with Crippen molar-refractivity contribution >= 4 is 6.08 Å². The number of aliphatic hydroxyl groups is 1. The van der Waals surface area contributed by atoms with Crippen molar-refractivity contribution in [1.29, 1.82) is 0 Å². The number of unbranched alkanes of at least 4 members (excludes halogenated alkanes) is 2. The fraction of sp³-hybridized carbons (Fsp3) is 0.583. The second-order valence-corrected chi connectivity index (χ2v) is 8.62. The van der Waals surface area contributed by atoms with Crippen LogP contribution < -0.4 is 0 Å². The number of benzene rings is 1. The minimum absolute atomic E-state index is 0.176. The molecule has 0 saturated heterocycles. The minimum Gasteiger partial charge on any atom is -0.392 e. The summed E-state index contributed by atoms with van der Waals surface area (Å²) in [6.07, 6.45) is 14.1.